The summed E-state index contributed by atoms with van der Waals surface area (Å²) in [6, 6.07) is 1.79. The summed E-state index contributed by atoms with van der Waals surface area (Å²) in [5, 5.41) is 4.99. The maximum Gasteiger partial charge on any atom is 0.254 e. The molecule has 1 aliphatic rings. The lowest BCUT2D eigenvalue weighted by Crippen LogP contribution is -2.15. The summed E-state index contributed by atoms with van der Waals surface area (Å²) in [5.74, 6) is 1.77. The fraction of sp³-hybridized carbons (Fsp3) is 0.545. The molecule has 1 fully saturated rings. The van der Waals surface area contributed by atoms with E-state index in [1.165, 1.54) is 0 Å². The van der Waals surface area contributed by atoms with Crippen molar-refractivity contribution >= 4 is 17.4 Å². The van der Waals surface area contributed by atoms with E-state index < -0.39 is 0 Å². The number of aromatic nitrogens is 4. The minimum atomic E-state index is 0.363. The van der Waals surface area contributed by atoms with E-state index in [2.05, 4.69) is 15.1 Å². The number of hydrogen-bond acceptors (Lipinski definition) is 4. The zero-order valence-corrected chi connectivity index (χ0v) is 10.3. The van der Waals surface area contributed by atoms with Gasteiger partial charge in [-0.15, -0.1) is 5.10 Å². The Balaban J connectivity index is 2.03. The van der Waals surface area contributed by atoms with Crippen LogP contribution in [0, 0.1) is 6.92 Å². The van der Waals surface area contributed by atoms with E-state index >= 15 is 0 Å². The van der Waals surface area contributed by atoms with E-state index in [0.29, 0.717) is 16.8 Å². The van der Waals surface area contributed by atoms with Crippen molar-refractivity contribution in [1.29, 1.82) is 0 Å². The van der Waals surface area contributed by atoms with E-state index in [1.807, 2.05) is 6.92 Å². The number of nitrogens with zero attached hydrogens (tertiary/aromatic N) is 4. The molecule has 0 bridgehead atoms. The van der Waals surface area contributed by atoms with Crippen LogP contribution < -0.4 is 0 Å². The van der Waals surface area contributed by atoms with Gasteiger partial charge in [0.1, 0.15) is 5.15 Å². The zero-order chi connectivity index (χ0) is 11.8. The molecule has 0 aromatic carbocycles. The van der Waals surface area contributed by atoms with Gasteiger partial charge in [-0.1, -0.05) is 11.6 Å². The summed E-state index contributed by atoms with van der Waals surface area (Å²) < 4.78 is 6.93. The highest BCUT2D eigenvalue weighted by molar-refractivity contribution is 6.29. The Bertz CT molecular complexity index is 548. The highest BCUT2D eigenvalue weighted by atomic mass is 35.5. The zero-order valence-electron chi connectivity index (χ0n) is 9.56. The predicted octanol–water partition coefficient (Wildman–Crippen LogP) is 1.98. The second kappa shape index (κ2) is 4.23. The summed E-state index contributed by atoms with van der Waals surface area (Å²) in [7, 11) is 0. The van der Waals surface area contributed by atoms with Crippen molar-refractivity contribution in [3.05, 3.63) is 22.7 Å². The molecule has 6 heteroatoms. The molecule has 0 saturated carbocycles. The van der Waals surface area contributed by atoms with E-state index in [4.69, 9.17) is 16.3 Å². The molecule has 90 valence electrons. The second-order valence-electron chi connectivity index (χ2n) is 4.29. The first-order chi connectivity index (χ1) is 8.24. The smallest absolute Gasteiger partial charge is 0.254 e. The van der Waals surface area contributed by atoms with Crippen molar-refractivity contribution in [3.63, 3.8) is 0 Å². The van der Waals surface area contributed by atoms with Crippen LogP contribution in [-0.4, -0.2) is 32.8 Å². The van der Waals surface area contributed by atoms with Crippen LogP contribution in [0.15, 0.2) is 6.07 Å². The van der Waals surface area contributed by atoms with Gasteiger partial charge in [0, 0.05) is 24.8 Å². The molecule has 2 aromatic rings. The average Bonchev–Trinajstić information content (AvgIpc) is 2.74. The van der Waals surface area contributed by atoms with E-state index in [0.717, 1.165) is 37.6 Å². The molecular weight excluding hydrogens is 240 g/mol. The molecule has 1 aliphatic heterocycles. The fourth-order valence-electron chi connectivity index (χ4n) is 2.09. The van der Waals surface area contributed by atoms with Crippen molar-refractivity contribution in [2.75, 3.05) is 13.2 Å². The van der Waals surface area contributed by atoms with Crippen LogP contribution in [0.25, 0.3) is 5.78 Å². The molecule has 0 amide bonds. The quantitative estimate of drug-likeness (QED) is 0.729. The summed E-state index contributed by atoms with van der Waals surface area (Å²) in [6.45, 7) is 3.45. The summed E-state index contributed by atoms with van der Waals surface area (Å²) in [4.78, 5) is 8.78. The first-order valence-corrected chi connectivity index (χ1v) is 6.09. The van der Waals surface area contributed by atoms with Crippen LogP contribution in [-0.2, 0) is 4.74 Å². The van der Waals surface area contributed by atoms with E-state index in [1.54, 1.807) is 10.6 Å². The molecule has 5 nitrogen and oxygen atoms in total. The average molecular weight is 253 g/mol. The van der Waals surface area contributed by atoms with Crippen molar-refractivity contribution < 1.29 is 4.74 Å². The fourth-order valence-corrected chi connectivity index (χ4v) is 2.36. The Morgan fingerprint density at radius 1 is 1.35 bits per heavy atom. The van der Waals surface area contributed by atoms with Crippen LogP contribution in [0.3, 0.4) is 0 Å². The van der Waals surface area contributed by atoms with Gasteiger partial charge in [0.2, 0.25) is 0 Å². The maximum atomic E-state index is 6.11. The normalized spacial score (nSPS) is 17.8. The van der Waals surface area contributed by atoms with Gasteiger partial charge in [-0.3, -0.25) is 0 Å². The number of halogens is 1. The number of rotatable bonds is 1. The third-order valence-corrected chi connectivity index (χ3v) is 3.27. The minimum Gasteiger partial charge on any atom is -0.381 e. The monoisotopic (exact) mass is 252 g/mol. The van der Waals surface area contributed by atoms with Crippen molar-refractivity contribution in [2.24, 2.45) is 0 Å². The summed E-state index contributed by atoms with van der Waals surface area (Å²) in [5.41, 5.74) is 0.855. The standard InChI is InChI=1S/C11H13ClN4O/c1-7-6-9(12)16-11(13-7)14-10(15-16)8-2-4-17-5-3-8/h6,8H,2-5H2,1H3. The molecule has 0 unspecified atom stereocenters. The molecule has 0 atom stereocenters. The van der Waals surface area contributed by atoms with Gasteiger partial charge in [-0.25, -0.2) is 4.98 Å². The number of aryl methyl sites for hydroxylation is 1. The summed E-state index contributed by atoms with van der Waals surface area (Å²) in [6.07, 6.45) is 1.93. The SMILES string of the molecule is Cc1cc(Cl)n2nc(C3CCOCC3)nc2n1. The molecule has 1 saturated heterocycles. The minimum absolute atomic E-state index is 0.363. The predicted molar refractivity (Wildman–Crippen MR) is 63.3 cm³/mol. The number of hydrogen-bond donors (Lipinski definition) is 0. The first-order valence-electron chi connectivity index (χ1n) is 5.71. The van der Waals surface area contributed by atoms with Gasteiger partial charge in [0.25, 0.3) is 5.78 Å². The lowest BCUT2D eigenvalue weighted by atomic mass is 10.00. The Hall–Kier alpha value is -1.20. The molecular formula is C11H13ClN4O. The molecule has 3 heterocycles. The van der Waals surface area contributed by atoms with Crippen LogP contribution in [0.1, 0.15) is 30.3 Å². The molecule has 2 aromatic heterocycles. The largest absolute Gasteiger partial charge is 0.381 e. The molecule has 0 N–H and O–H groups in total. The third-order valence-electron chi connectivity index (χ3n) is 3.00. The number of ether oxygens (including phenoxy) is 1. The third kappa shape index (κ3) is 2.00. The molecule has 17 heavy (non-hydrogen) atoms. The molecule has 0 spiro atoms. The van der Waals surface area contributed by atoms with Gasteiger partial charge < -0.3 is 4.74 Å². The molecule has 0 radical (unpaired) electrons. The topological polar surface area (TPSA) is 52.3 Å². The van der Waals surface area contributed by atoms with Gasteiger partial charge in [-0.2, -0.15) is 9.50 Å². The van der Waals surface area contributed by atoms with Crippen LogP contribution in [0.4, 0.5) is 0 Å². The molecule has 0 aliphatic carbocycles. The Morgan fingerprint density at radius 3 is 2.88 bits per heavy atom. The Morgan fingerprint density at radius 2 is 2.12 bits per heavy atom. The lowest BCUT2D eigenvalue weighted by Gasteiger charge is -2.18. The van der Waals surface area contributed by atoms with Gasteiger partial charge in [-0.05, 0) is 25.8 Å². The van der Waals surface area contributed by atoms with Crippen LogP contribution in [0.5, 0.6) is 0 Å². The van der Waals surface area contributed by atoms with Gasteiger partial charge >= 0.3 is 0 Å². The van der Waals surface area contributed by atoms with Crippen molar-refractivity contribution in [2.45, 2.75) is 25.7 Å². The van der Waals surface area contributed by atoms with Crippen molar-refractivity contribution in [1.82, 2.24) is 19.6 Å². The molecule has 3 rings (SSSR count). The van der Waals surface area contributed by atoms with Crippen molar-refractivity contribution in [3.8, 4) is 0 Å². The Labute approximate surface area is 104 Å². The number of fused-ring (bicyclic) bond motifs is 1. The van der Waals surface area contributed by atoms with Gasteiger partial charge in [0.15, 0.2) is 5.82 Å². The second-order valence-corrected chi connectivity index (χ2v) is 4.68. The maximum absolute atomic E-state index is 6.11. The Kier molecular flexibility index (Phi) is 2.72. The summed E-state index contributed by atoms with van der Waals surface area (Å²) >= 11 is 6.11. The van der Waals surface area contributed by atoms with E-state index in [-0.39, 0.29) is 0 Å². The van der Waals surface area contributed by atoms with Crippen LogP contribution in [0.2, 0.25) is 5.15 Å². The van der Waals surface area contributed by atoms with Crippen LogP contribution >= 0.6 is 11.6 Å². The lowest BCUT2D eigenvalue weighted by molar-refractivity contribution is 0.0836. The highest BCUT2D eigenvalue weighted by Gasteiger charge is 2.21. The first kappa shape index (κ1) is 10.9. The van der Waals surface area contributed by atoms with E-state index in [9.17, 15) is 0 Å². The van der Waals surface area contributed by atoms with Gasteiger partial charge in [0.05, 0.1) is 0 Å². The highest BCUT2D eigenvalue weighted by Crippen LogP contribution is 2.25.